The Morgan fingerprint density at radius 2 is 2.00 bits per heavy atom. The van der Waals surface area contributed by atoms with Crippen LogP contribution in [-0.4, -0.2) is 7.05 Å². The Morgan fingerprint density at radius 3 is 2.65 bits per heavy atom. The van der Waals surface area contributed by atoms with Crippen LogP contribution in [-0.2, 0) is 6.54 Å². The van der Waals surface area contributed by atoms with Crippen LogP contribution in [0.3, 0.4) is 0 Å². The van der Waals surface area contributed by atoms with Crippen LogP contribution in [0.4, 0.5) is 0 Å². The minimum Gasteiger partial charge on any atom is -0.316 e. The molecule has 0 spiro atoms. The summed E-state index contributed by atoms with van der Waals surface area (Å²) in [5.74, 6) is 0.616. The summed E-state index contributed by atoms with van der Waals surface area (Å²) in [4.78, 5) is 1.46. The minimum absolute atomic E-state index is 0.616. The molecule has 2 aromatic rings. The molecule has 1 nitrogen and oxygen atoms in total. The second-order valence-corrected chi connectivity index (χ2v) is 5.52. The fourth-order valence-electron chi connectivity index (χ4n) is 1.94. The SMILES string of the molecule is CNCc1ccccc1-c1csc(C(C)C)c1. The van der Waals surface area contributed by atoms with Crippen LogP contribution < -0.4 is 5.32 Å². The zero-order valence-electron chi connectivity index (χ0n) is 10.7. The van der Waals surface area contributed by atoms with Crippen molar-refractivity contribution in [1.82, 2.24) is 5.32 Å². The highest BCUT2D eigenvalue weighted by Crippen LogP contribution is 2.31. The summed E-state index contributed by atoms with van der Waals surface area (Å²) in [5.41, 5.74) is 4.07. The first-order valence-electron chi connectivity index (χ1n) is 6.03. The summed E-state index contributed by atoms with van der Waals surface area (Å²) in [6.45, 7) is 5.41. The fourth-order valence-corrected chi connectivity index (χ4v) is 2.87. The quantitative estimate of drug-likeness (QED) is 0.848. The van der Waals surface area contributed by atoms with E-state index in [1.165, 1.54) is 21.6 Å². The third kappa shape index (κ3) is 2.76. The molecule has 0 saturated carbocycles. The van der Waals surface area contributed by atoms with Crippen molar-refractivity contribution < 1.29 is 0 Å². The number of hydrogen-bond acceptors (Lipinski definition) is 2. The highest BCUT2D eigenvalue weighted by Gasteiger charge is 2.08. The number of rotatable bonds is 4. The van der Waals surface area contributed by atoms with Gasteiger partial charge in [-0.1, -0.05) is 38.1 Å². The lowest BCUT2D eigenvalue weighted by molar-refractivity contribution is 0.819. The molecule has 0 aliphatic carbocycles. The lowest BCUT2D eigenvalue weighted by Crippen LogP contribution is -2.05. The molecule has 0 saturated heterocycles. The van der Waals surface area contributed by atoms with Gasteiger partial charge >= 0.3 is 0 Å². The average molecular weight is 245 g/mol. The first-order chi connectivity index (χ1) is 8.22. The normalized spacial score (nSPS) is 11.1. The van der Waals surface area contributed by atoms with Gasteiger partial charge in [0, 0.05) is 11.4 Å². The fraction of sp³-hybridized carbons (Fsp3) is 0.333. The van der Waals surface area contributed by atoms with E-state index in [0.29, 0.717) is 5.92 Å². The van der Waals surface area contributed by atoms with E-state index < -0.39 is 0 Å². The average Bonchev–Trinajstić information content (AvgIpc) is 2.79. The molecule has 0 amide bonds. The maximum absolute atomic E-state index is 3.23. The van der Waals surface area contributed by atoms with E-state index in [1.54, 1.807) is 0 Å². The highest BCUT2D eigenvalue weighted by atomic mass is 32.1. The van der Waals surface area contributed by atoms with Crippen molar-refractivity contribution >= 4 is 11.3 Å². The standard InChI is InChI=1S/C15H19NS/c1-11(2)15-8-13(10-17-15)14-7-5-4-6-12(14)9-16-3/h4-8,10-11,16H,9H2,1-3H3. The molecule has 1 aromatic carbocycles. The topological polar surface area (TPSA) is 12.0 Å². The van der Waals surface area contributed by atoms with Crippen LogP contribution in [0.15, 0.2) is 35.7 Å². The molecule has 0 fully saturated rings. The van der Waals surface area contributed by atoms with Crippen molar-refractivity contribution in [2.75, 3.05) is 7.05 Å². The second-order valence-electron chi connectivity index (χ2n) is 4.58. The van der Waals surface area contributed by atoms with Gasteiger partial charge in [-0.15, -0.1) is 11.3 Å². The Morgan fingerprint density at radius 1 is 1.24 bits per heavy atom. The molecular weight excluding hydrogens is 226 g/mol. The van der Waals surface area contributed by atoms with Crippen LogP contribution in [0.5, 0.6) is 0 Å². The maximum Gasteiger partial charge on any atom is 0.0208 e. The lowest BCUT2D eigenvalue weighted by Gasteiger charge is -2.07. The third-order valence-corrected chi connectivity index (χ3v) is 4.12. The van der Waals surface area contributed by atoms with Crippen LogP contribution in [0.1, 0.15) is 30.2 Å². The van der Waals surface area contributed by atoms with Crippen molar-refractivity contribution in [2.24, 2.45) is 0 Å². The van der Waals surface area contributed by atoms with E-state index in [9.17, 15) is 0 Å². The molecule has 0 bridgehead atoms. The van der Waals surface area contributed by atoms with Crippen molar-refractivity contribution in [1.29, 1.82) is 0 Å². The van der Waals surface area contributed by atoms with Crippen LogP contribution in [0.2, 0.25) is 0 Å². The molecule has 2 rings (SSSR count). The Bertz CT molecular complexity index is 485. The van der Waals surface area contributed by atoms with E-state index in [4.69, 9.17) is 0 Å². The van der Waals surface area contributed by atoms with Gasteiger partial charge in [-0.2, -0.15) is 0 Å². The monoisotopic (exact) mass is 245 g/mol. The number of hydrogen-bond donors (Lipinski definition) is 1. The van der Waals surface area contributed by atoms with E-state index in [2.05, 4.69) is 54.9 Å². The number of benzene rings is 1. The van der Waals surface area contributed by atoms with Crippen LogP contribution >= 0.6 is 11.3 Å². The molecule has 90 valence electrons. The molecule has 0 atom stereocenters. The second kappa shape index (κ2) is 5.48. The van der Waals surface area contributed by atoms with Gasteiger partial charge in [-0.05, 0) is 41.1 Å². The molecular formula is C15H19NS. The predicted octanol–water partition coefficient (Wildman–Crippen LogP) is 4.26. The summed E-state index contributed by atoms with van der Waals surface area (Å²) in [6.07, 6.45) is 0. The van der Waals surface area contributed by atoms with Gasteiger partial charge in [-0.25, -0.2) is 0 Å². The third-order valence-electron chi connectivity index (χ3n) is 2.88. The zero-order chi connectivity index (χ0) is 12.3. The molecule has 2 heteroatoms. The Hall–Kier alpha value is -1.12. The number of nitrogens with one attached hydrogen (secondary N) is 1. The summed E-state index contributed by atoms with van der Waals surface area (Å²) in [5, 5.41) is 5.49. The van der Waals surface area contributed by atoms with Crippen molar-refractivity contribution in [3.63, 3.8) is 0 Å². The summed E-state index contributed by atoms with van der Waals surface area (Å²) < 4.78 is 0. The van der Waals surface area contributed by atoms with E-state index in [0.717, 1.165) is 6.54 Å². The molecule has 17 heavy (non-hydrogen) atoms. The van der Waals surface area contributed by atoms with Gasteiger partial charge in [0.15, 0.2) is 0 Å². The zero-order valence-corrected chi connectivity index (χ0v) is 11.5. The predicted molar refractivity (Wildman–Crippen MR) is 76.6 cm³/mol. The maximum atomic E-state index is 3.23. The smallest absolute Gasteiger partial charge is 0.0208 e. The minimum atomic E-state index is 0.616. The Kier molecular flexibility index (Phi) is 3.97. The van der Waals surface area contributed by atoms with Gasteiger partial charge in [0.2, 0.25) is 0 Å². The van der Waals surface area contributed by atoms with E-state index in [1.807, 2.05) is 18.4 Å². The van der Waals surface area contributed by atoms with Crippen LogP contribution in [0.25, 0.3) is 11.1 Å². The van der Waals surface area contributed by atoms with Crippen molar-refractivity contribution in [2.45, 2.75) is 26.3 Å². The first-order valence-corrected chi connectivity index (χ1v) is 6.91. The summed E-state index contributed by atoms with van der Waals surface area (Å²) >= 11 is 1.86. The highest BCUT2D eigenvalue weighted by molar-refractivity contribution is 7.10. The van der Waals surface area contributed by atoms with Gasteiger partial charge in [-0.3, -0.25) is 0 Å². The van der Waals surface area contributed by atoms with E-state index in [-0.39, 0.29) is 0 Å². The van der Waals surface area contributed by atoms with Crippen LogP contribution in [0, 0.1) is 0 Å². The van der Waals surface area contributed by atoms with Crippen molar-refractivity contribution in [3.8, 4) is 11.1 Å². The molecule has 1 heterocycles. The largest absolute Gasteiger partial charge is 0.316 e. The summed E-state index contributed by atoms with van der Waals surface area (Å²) in [6, 6.07) is 10.9. The Labute approximate surface area is 108 Å². The first kappa shape index (κ1) is 12.3. The molecule has 0 unspecified atom stereocenters. The van der Waals surface area contributed by atoms with Crippen molar-refractivity contribution in [3.05, 3.63) is 46.2 Å². The van der Waals surface area contributed by atoms with Gasteiger partial charge < -0.3 is 5.32 Å². The lowest BCUT2D eigenvalue weighted by atomic mass is 10.0. The molecule has 0 aliphatic rings. The molecule has 0 radical (unpaired) electrons. The van der Waals surface area contributed by atoms with E-state index >= 15 is 0 Å². The number of thiophene rings is 1. The van der Waals surface area contributed by atoms with Gasteiger partial charge in [0.05, 0.1) is 0 Å². The summed E-state index contributed by atoms with van der Waals surface area (Å²) in [7, 11) is 1.99. The molecule has 1 aromatic heterocycles. The Balaban J connectivity index is 2.38. The molecule has 0 aliphatic heterocycles. The molecule has 1 N–H and O–H groups in total. The van der Waals surface area contributed by atoms with Gasteiger partial charge in [0.25, 0.3) is 0 Å². The van der Waals surface area contributed by atoms with Gasteiger partial charge in [0.1, 0.15) is 0 Å².